The quantitative estimate of drug-likeness (QED) is 0.270. The second-order valence-electron chi connectivity index (χ2n) is 2.57. The van der Waals surface area contributed by atoms with Gasteiger partial charge in [-0.15, -0.1) is 0 Å². The predicted octanol–water partition coefficient (Wildman–Crippen LogP) is 3.22. The van der Waals surface area contributed by atoms with Crippen molar-refractivity contribution in [3.8, 4) is 0 Å². The number of carbonyl (C=O) groups is 1. The molecule has 0 aliphatic rings. The fourth-order valence-electron chi connectivity index (χ4n) is 0.724. The minimum absolute atomic E-state index is 0.628. The van der Waals surface area contributed by atoms with Crippen LogP contribution >= 0.6 is 23.2 Å². The van der Waals surface area contributed by atoms with E-state index in [0.29, 0.717) is 10.7 Å². The number of rotatable bonds is 3. The first-order chi connectivity index (χ1) is 7.09. The number of benzene rings is 1. The molecule has 1 aromatic rings. The zero-order valence-corrected chi connectivity index (χ0v) is 9.37. The summed E-state index contributed by atoms with van der Waals surface area (Å²) in [4.78, 5) is 19.2. The van der Waals surface area contributed by atoms with Gasteiger partial charge in [-0.2, -0.15) is 5.06 Å². The van der Waals surface area contributed by atoms with E-state index >= 15 is 0 Å². The molecule has 0 spiro atoms. The molecule has 1 aromatic carbocycles. The molecule has 1 amide bonds. The van der Waals surface area contributed by atoms with E-state index in [1.807, 2.05) is 0 Å². The third-order valence-electron chi connectivity index (χ3n) is 1.48. The fraction of sp³-hybridized carbons (Fsp3) is 0.111. The van der Waals surface area contributed by atoms with Crippen LogP contribution in [-0.2, 0) is 4.84 Å². The molecule has 0 aliphatic carbocycles. The van der Waals surface area contributed by atoms with E-state index in [-0.39, 0.29) is 0 Å². The Morgan fingerprint density at radius 1 is 1.47 bits per heavy atom. The topological polar surface area (TPSA) is 41.9 Å². The summed E-state index contributed by atoms with van der Waals surface area (Å²) < 4.78 is 0. The monoisotopic (exact) mass is 246 g/mol. The van der Waals surface area contributed by atoms with E-state index in [9.17, 15) is 4.79 Å². The van der Waals surface area contributed by atoms with Crippen LogP contribution in [0.25, 0.3) is 0 Å². The van der Waals surface area contributed by atoms with Gasteiger partial charge in [-0.3, -0.25) is 4.79 Å². The van der Waals surface area contributed by atoms with Gasteiger partial charge in [-0.05, 0) is 35.9 Å². The summed E-state index contributed by atoms with van der Waals surface area (Å²) in [5.41, 5.74) is 0.662. The Hall–Kier alpha value is -1.26. The van der Waals surface area contributed by atoms with Crippen molar-refractivity contribution < 1.29 is 9.63 Å². The highest BCUT2D eigenvalue weighted by Crippen LogP contribution is 2.15. The van der Waals surface area contributed by atoms with Gasteiger partial charge < -0.3 is 4.84 Å². The number of nitrogens with zero attached hydrogens (tertiary/aromatic N) is 2. The lowest BCUT2D eigenvalue weighted by molar-refractivity contribution is 0.0185. The molecule has 0 saturated carbocycles. The number of carbonyl (C=O) groups excluding carboxylic acids is 1. The van der Waals surface area contributed by atoms with Gasteiger partial charge in [0.1, 0.15) is 0 Å². The van der Waals surface area contributed by atoms with Crippen molar-refractivity contribution in [3.05, 3.63) is 29.3 Å². The lowest BCUT2D eigenvalue weighted by Gasteiger charge is -2.08. The Bertz CT molecular complexity index is 365. The lowest BCUT2D eigenvalue weighted by Crippen LogP contribution is -2.20. The second-order valence-corrected chi connectivity index (χ2v) is 3.33. The molecule has 0 fully saturated rings. The van der Waals surface area contributed by atoms with Crippen LogP contribution in [0.2, 0.25) is 5.02 Å². The number of hydrogen-bond acceptors (Lipinski definition) is 3. The summed E-state index contributed by atoms with van der Waals surface area (Å²) in [5.74, 6) is 0. The molecular formula is C9H8Cl2N2O2. The van der Waals surface area contributed by atoms with Gasteiger partial charge in [-0.25, -0.2) is 4.99 Å². The molecule has 0 aromatic heterocycles. The van der Waals surface area contributed by atoms with Crippen LogP contribution in [-0.4, -0.2) is 23.9 Å². The second kappa shape index (κ2) is 5.58. The molecule has 0 aliphatic heterocycles. The largest absolute Gasteiger partial charge is 0.364 e. The van der Waals surface area contributed by atoms with Gasteiger partial charge in [-0.1, -0.05) is 11.6 Å². The van der Waals surface area contributed by atoms with E-state index in [4.69, 9.17) is 28.0 Å². The SMILES string of the molecule is CN(OC=Nc1ccc(Cl)cc1)C(=O)Cl. The van der Waals surface area contributed by atoms with Crippen LogP contribution < -0.4 is 0 Å². The smallest absolute Gasteiger partial charge is 0.348 e. The van der Waals surface area contributed by atoms with Gasteiger partial charge >= 0.3 is 5.37 Å². The maximum atomic E-state index is 10.5. The van der Waals surface area contributed by atoms with Crippen molar-refractivity contribution in [2.75, 3.05) is 7.05 Å². The normalized spacial score (nSPS) is 10.3. The Morgan fingerprint density at radius 2 is 2.07 bits per heavy atom. The molecule has 0 bridgehead atoms. The standard InChI is InChI=1S/C9H8Cl2N2O2/c1-13(9(11)14)15-6-12-8-4-2-7(10)3-5-8/h2-6H,1H3. The molecule has 0 unspecified atom stereocenters. The summed E-state index contributed by atoms with van der Waals surface area (Å²) in [6.07, 6.45) is 1.11. The van der Waals surface area contributed by atoms with Gasteiger partial charge in [0.15, 0.2) is 0 Å². The van der Waals surface area contributed by atoms with Crippen molar-refractivity contribution in [2.24, 2.45) is 4.99 Å². The summed E-state index contributed by atoms with van der Waals surface area (Å²) in [5, 5.41) is 0.751. The zero-order valence-electron chi connectivity index (χ0n) is 7.85. The summed E-state index contributed by atoms with van der Waals surface area (Å²) in [6, 6.07) is 6.82. The summed E-state index contributed by atoms with van der Waals surface area (Å²) in [7, 11) is 1.38. The third-order valence-corrected chi connectivity index (χ3v) is 1.97. The Balaban J connectivity index is 2.51. The first-order valence-electron chi connectivity index (χ1n) is 3.97. The Labute approximate surface area is 97.0 Å². The van der Waals surface area contributed by atoms with E-state index in [1.54, 1.807) is 24.3 Å². The molecule has 1 rings (SSSR count). The fourth-order valence-corrected chi connectivity index (χ4v) is 0.890. The van der Waals surface area contributed by atoms with Crippen LogP contribution in [0, 0.1) is 0 Å². The van der Waals surface area contributed by atoms with E-state index < -0.39 is 5.37 Å². The van der Waals surface area contributed by atoms with E-state index in [0.717, 1.165) is 11.5 Å². The number of hydroxylamine groups is 2. The van der Waals surface area contributed by atoms with Gasteiger partial charge in [0.2, 0.25) is 6.40 Å². The molecular weight excluding hydrogens is 239 g/mol. The van der Waals surface area contributed by atoms with Crippen LogP contribution in [0.1, 0.15) is 0 Å². The Kier molecular flexibility index (Phi) is 4.39. The number of hydrogen-bond donors (Lipinski definition) is 0. The molecule has 0 atom stereocenters. The van der Waals surface area contributed by atoms with Crippen LogP contribution in [0.5, 0.6) is 0 Å². The highest BCUT2D eigenvalue weighted by atomic mass is 35.5. The van der Waals surface area contributed by atoms with Crippen molar-refractivity contribution in [3.63, 3.8) is 0 Å². The minimum Gasteiger partial charge on any atom is -0.364 e. The molecule has 15 heavy (non-hydrogen) atoms. The number of halogens is 2. The average Bonchev–Trinajstić information content (AvgIpc) is 2.20. The zero-order chi connectivity index (χ0) is 11.3. The third kappa shape index (κ3) is 4.18. The van der Waals surface area contributed by atoms with Crippen molar-refractivity contribution in [1.29, 1.82) is 0 Å². The average molecular weight is 247 g/mol. The van der Waals surface area contributed by atoms with Gasteiger partial charge in [0.05, 0.1) is 5.69 Å². The molecule has 0 radical (unpaired) electrons. The van der Waals surface area contributed by atoms with E-state index in [1.165, 1.54) is 7.05 Å². The number of amides is 1. The Morgan fingerprint density at radius 3 is 2.60 bits per heavy atom. The lowest BCUT2D eigenvalue weighted by atomic mass is 10.3. The van der Waals surface area contributed by atoms with Gasteiger partial charge in [0.25, 0.3) is 0 Å². The van der Waals surface area contributed by atoms with Crippen molar-refractivity contribution in [2.45, 2.75) is 0 Å². The van der Waals surface area contributed by atoms with Crippen LogP contribution in [0.3, 0.4) is 0 Å². The highest BCUT2D eigenvalue weighted by Gasteiger charge is 2.01. The van der Waals surface area contributed by atoms with E-state index in [2.05, 4.69) is 4.99 Å². The van der Waals surface area contributed by atoms with Crippen LogP contribution in [0.4, 0.5) is 10.5 Å². The van der Waals surface area contributed by atoms with Gasteiger partial charge in [0, 0.05) is 12.1 Å². The molecule has 4 nitrogen and oxygen atoms in total. The van der Waals surface area contributed by atoms with Crippen molar-refractivity contribution >= 4 is 40.7 Å². The molecule has 6 heteroatoms. The maximum Gasteiger partial charge on any atom is 0.348 e. The minimum atomic E-state index is -0.724. The molecule has 0 heterocycles. The van der Waals surface area contributed by atoms with Crippen molar-refractivity contribution in [1.82, 2.24) is 5.06 Å². The maximum absolute atomic E-state index is 10.5. The first-order valence-corrected chi connectivity index (χ1v) is 4.73. The molecule has 80 valence electrons. The predicted molar refractivity (Wildman–Crippen MR) is 59.7 cm³/mol. The highest BCUT2D eigenvalue weighted by molar-refractivity contribution is 6.62. The first kappa shape index (κ1) is 11.8. The van der Waals surface area contributed by atoms with Crippen LogP contribution in [0.15, 0.2) is 29.3 Å². The summed E-state index contributed by atoms with van der Waals surface area (Å²) in [6.45, 7) is 0. The number of aliphatic imine (C=N–C) groups is 1. The molecule has 0 N–H and O–H groups in total. The molecule has 0 saturated heterocycles. The summed E-state index contributed by atoms with van der Waals surface area (Å²) >= 11 is 10.8.